The second-order valence-corrected chi connectivity index (χ2v) is 6.06. The van der Waals surface area contributed by atoms with Gasteiger partial charge in [-0.2, -0.15) is 0 Å². The SMILES string of the molecule is C=CCCCCCCCCCOCCCCCCBr. The predicted molar refractivity (Wildman–Crippen MR) is 90.2 cm³/mol. The molecule has 0 aliphatic carbocycles. The molecule has 0 aromatic carbocycles. The first-order chi connectivity index (χ1) is 9.41. The van der Waals surface area contributed by atoms with E-state index in [0.717, 1.165) is 18.5 Å². The van der Waals surface area contributed by atoms with Crippen LogP contribution in [0.1, 0.15) is 77.0 Å². The van der Waals surface area contributed by atoms with E-state index in [1.165, 1.54) is 77.0 Å². The number of unbranched alkanes of at least 4 members (excludes halogenated alkanes) is 10. The zero-order valence-corrected chi connectivity index (χ0v) is 14.3. The fourth-order valence-corrected chi connectivity index (χ4v) is 2.53. The quantitative estimate of drug-likeness (QED) is 0.184. The topological polar surface area (TPSA) is 9.23 Å². The van der Waals surface area contributed by atoms with Crippen LogP contribution in [0.2, 0.25) is 0 Å². The summed E-state index contributed by atoms with van der Waals surface area (Å²) in [5, 5.41) is 1.14. The normalized spacial score (nSPS) is 10.8. The summed E-state index contributed by atoms with van der Waals surface area (Å²) in [7, 11) is 0. The second-order valence-electron chi connectivity index (χ2n) is 5.27. The van der Waals surface area contributed by atoms with Crippen LogP contribution in [0, 0.1) is 0 Å². The molecule has 1 nitrogen and oxygen atoms in total. The fraction of sp³-hybridized carbons (Fsp3) is 0.882. The molecule has 0 amide bonds. The van der Waals surface area contributed by atoms with Crippen LogP contribution in [0.5, 0.6) is 0 Å². The summed E-state index contributed by atoms with van der Waals surface area (Å²) in [5.74, 6) is 0. The van der Waals surface area contributed by atoms with Crippen molar-refractivity contribution in [1.82, 2.24) is 0 Å². The Morgan fingerprint density at radius 1 is 0.684 bits per heavy atom. The van der Waals surface area contributed by atoms with E-state index < -0.39 is 0 Å². The Morgan fingerprint density at radius 3 is 1.68 bits per heavy atom. The van der Waals surface area contributed by atoms with Crippen LogP contribution in [0.4, 0.5) is 0 Å². The highest BCUT2D eigenvalue weighted by Gasteiger charge is 1.93. The third-order valence-electron chi connectivity index (χ3n) is 3.37. The van der Waals surface area contributed by atoms with Crippen LogP contribution in [0.15, 0.2) is 12.7 Å². The minimum atomic E-state index is 0.962. The van der Waals surface area contributed by atoms with Crippen LogP contribution in [-0.4, -0.2) is 18.5 Å². The summed E-state index contributed by atoms with van der Waals surface area (Å²) >= 11 is 3.46. The Kier molecular flexibility index (Phi) is 18.4. The zero-order chi connectivity index (χ0) is 14.0. The van der Waals surface area contributed by atoms with Crippen LogP contribution in [0.25, 0.3) is 0 Å². The minimum absolute atomic E-state index is 0.962. The third-order valence-corrected chi connectivity index (χ3v) is 3.93. The van der Waals surface area contributed by atoms with Gasteiger partial charge in [-0.15, -0.1) is 6.58 Å². The standard InChI is InChI=1S/C17H33BrO/c1-2-3-4-5-6-7-8-10-13-16-19-17-14-11-9-12-15-18/h2H,1,3-17H2. The van der Waals surface area contributed by atoms with Gasteiger partial charge in [-0.25, -0.2) is 0 Å². The van der Waals surface area contributed by atoms with Gasteiger partial charge in [0.05, 0.1) is 0 Å². The van der Waals surface area contributed by atoms with Gasteiger partial charge in [0.1, 0.15) is 0 Å². The van der Waals surface area contributed by atoms with Gasteiger partial charge in [0.15, 0.2) is 0 Å². The molecule has 0 bridgehead atoms. The highest BCUT2D eigenvalue weighted by molar-refractivity contribution is 9.09. The average Bonchev–Trinajstić information content (AvgIpc) is 2.43. The largest absolute Gasteiger partial charge is 0.381 e. The van der Waals surface area contributed by atoms with E-state index in [1.807, 2.05) is 6.08 Å². The predicted octanol–water partition coefficient (Wildman–Crippen LogP) is 6.27. The molecule has 0 rings (SSSR count). The summed E-state index contributed by atoms with van der Waals surface area (Å²) in [4.78, 5) is 0. The monoisotopic (exact) mass is 332 g/mol. The lowest BCUT2D eigenvalue weighted by Crippen LogP contribution is -1.97. The molecule has 0 fully saturated rings. The van der Waals surface area contributed by atoms with Gasteiger partial charge < -0.3 is 4.74 Å². The van der Waals surface area contributed by atoms with Gasteiger partial charge in [0.25, 0.3) is 0 Å². The Balaban J connectivity index is 2.89. The summed E-state index contributed by atoms with van der Waals surface area (Å²) in [6, 6.07) is 0. The van der Waals surface area contributed by atoms with Crippen molar-refractivity contribution in [3.8, 4) is 0 Å². The summed E-state index contributed by atoms with van der Waals surface area (Å²) in [6.45, 7) is 5.68. The molecular formula is C17H33BrO. The van der Waals surface area contributed by atoms with Gasteiger partial charge in [0, 0.05) is 18.5 Å². The van der Waals surface area contributed by atoms with E-state index >= 15 is 0 Å². The molecule has 0 aliphatic rings. The smallest absolute Gasteiger partial charge is 0.0466 e. The van der Waals surface area contributed by atoms with Crippen molar-refractivity contribution in [2.75, 3.05) is 18.5 Å². The van der Waals surface area contributed by atoms with Crippen molar-refractivity contribution in [2.24, 2.45) is 0 Å². The zero-order valence-electron chi connectivity index (χ0n) is 12.7. The lowest BCUT2D eigenvalue weighted by molar-refractivity contribution is 0.126. The number of ether oxygens (including phenoxy) is 1. The number of allylic oxidation sites excluding steroid dienone is 1. The maximum Gasteiger partial charge on any atom is 0.0466 e. The van der Waals surface area contributed by atoms with Crippen molar-refractivity contribution in [2.45, 2.75) is 77.0 Å². The van der Waals surface area contributed by atoms with Crippen molar-refractivity contribution >= 4 is 15.9 Å². The summed E-state index contributed by atoms with van der Waals surface area (Å²) in [6.07, 6.45) is 17.8. The first-order valence-electron chi connectivity index (χ1n) is 8.16. The van der Waals surface area contributed by atoms with Crippen molar-refractivity contribution in [1.29, 1.82) is 0 Å². The maximum absolute atomic E-state index is 5.65. The highest BCUT2D eigenvalue weighted by Crippen LogP contribution is 2.09. The van der Waals surface area contributed by atoms with Crippen molar-refractivity contribution < 1.29 is 4.74 Å². The lowest BCUT2D eigenvalue weighted by atomic mass is 10.1. The van der Waals surface area contributed by atoms with E-state index in [4.69, 9.17) is 4.74 Å². The molecule has 0 atom stereocenters. The van der Waals surface area contributed by atoms with Crippen LogP contribution in [0.3, 0.4) is 0 Å². The summed E-state index contributed by atoms with van der Waals surface area (Å²) in [5.41, 5.74) is 0. The van der Waals surface area contributed by atoms with Crippen LogP contribution < -0.4 is 0 Å². The van der Waals surface area contributed by atoms with Gasteiger partial charge in [-0.1, -0.05) is 67.0 Å². The molecule has 0 heterocycles. The Morgan fingerprint density at radius 2 is 1.16 bits per heavy atom. The molecule has 0 aliphatic heterocycles. The molecule has 114 valence electrons. The minimum Gasteiger partial charge on any atom is -0.381 e. The number of hydrogen-bond donors (Lipinski definition) is 0. The Labute approximate surface area is 129 Å². The van der Waals surface area contributed by atoms with Crippen molar-refractivity contribution in [3.63, 3.8) is 0 Å². The first kappa shape index (κ1) is 19.2. The second kappa shape index (κ2) is 18.2. The van der Waals surface area contributed by atoms with Gasteiger partial charge in [0.2, 0.25) is 0 Å². The molecule has 2 heteroatoms. The molecule has 0 saturated carbocycles. The van der Waals surface area contributed by atoms with E-state index in [9.17, 15) is 0 Å². The summed E-state index contributed by atoms with van der Waals surface area (Å²) < 4.78 is 5.65. The number of alkyl halides is 1. The van der Waals surface area contributed by atoms with Gasteiger partial charge in [-0.05, 0) is 32.1 Å². The van der Waals surface area contributed by atoms with Crippen molar-refractivity contribution in [3.05, 3.63) is 12.7 Å². The maximum atomic E-state index is 5.65. The Hall–Kier alpha value is 0.180. The van der Waals surface area contributed by atoms with E-state index in [0.29, 0.717) is 0 Å². The molecular weight excluding hydrogens is 300 g/mol. The molecule has 0 radical (unpaired) electrons. The van der Waals surface area contributed by atoms with Gasteiger partial charge >= 0.3 is 0 Å². The van der Waals surface area contributed by atoms with E-state index in [1.54, 1.807) is 0 Å². The Bertz CT molecular complexity index is 171. The van der Waals surface area contributed by atoms with E-state index in [2.05, 4.69) is 22.5 Å². The van der Waals surface area contributed by atoms with Crippen LogP contribution in [-0.2, 0) is 4.74 Å². The molecule has 0 spiro atoms. The number of hydrogen-bond acceptors (Lipinski definition) is 1. The molecule has 0 aromatic rings. The molecule has 19 heavy (non-hydrogen) atoms. The first-order valence-corrected chi connectivity index (χ1v) is 9.28. The number of halogens is 1. The van der Waals surface area contributed by atoms with Gasteiger partial charge in [-0.3, -0.25) is 0 Å². The van der Waals surface area contributed by atoms with E-state index in [-0.39, 0.29) is 0 Å². The van der Waals surface area contributed by atoms with Crippen LogP contribution >= 0.6 is 15.9 Å². The molecule has 0 aromatic heterocycles. The highest BCUT2D eigenvalue weighted by atomic mass is 79.9. The molecule has 0 saturated heterocycles. The number of rotatable bonds is 16. The molecule has 0 unspecified atom stereocenters. The lowest BCUT2D eigenvalue weighted by Gasteiger charge is -2.04. The third kappa shape index (κ3) is 18.2. The average molecular weight is 333 g/mol. The molecule has 0 N–H and O–H groups in total. The fourth-order valence-electron chi connectivity index (χ4n) is 2.13.